The van der Waals surface area contributed by atoms with Crippen molar-refractivity contribution in [1.82, 2.24) is 9.88 Å². The maximum Gasteiger partial charge on any atom is 0.356 e. The fraction of sp³-hybridized carbons (Fsp3) is 0.409. The number of anilines is 1. The summed E-state index contributed by atoms with van der Waals surface area (Å²) in [6, 6.07) is 14.3. The van der Waals surface area contributed by atoms with Gasteiger partial charge < -0.3 is 14.4 Å². The zero-order chi connectivity index (χ0) is 19.9. The van der Waals surface area contributed by atoms with Gasteiger partial charge in [-0.15, -0.1) is 0 Å². The van der Waals surface area contributed by atoms with Gasteiger partial charge >= 0.3 is 5.95 Å². The van der Waals surface area contributed by atoms with Crippen LogP contribution in [0.2, 0.25) is 0 Å². The highest BCUT2D eigenvalue weighted by Gasteiger charge is 2.18. The lowest BCUT2D eigenvalue weighted by atomic mass is 10.2. The van der Waals surface area contributed by atoms with Gasteiger partial charge in [0.2, 0.25) is 0 Å². The first-order valence-corrected chi connectivity index (χ1v) is 9.87. The minimum atomic E-state index is 0.637. The predicted octanol–water partition coefficient (Wildman–Crippen LogP) is 3.43. The third kappa shape index (κ3) is 4.39. The van der Waals surface area contributed by atoms with E-state index in [4.69, 9.17) is 9.47 Å². The lowest BCUT2D eigenvalue weighted by Gasteiger charge is -2.17. The highest BCUT2D eigenvalue weighted by molar-refractivity contribution is 5.72. The molecule has 0 spiro atoms. The van der Waals surface area contributed by atoms with Crippen LogP contribution in [0, 0.1) is 0 Å². The number of ether oxygens (including phenoxy) is 2. The Morgan fingerprint density at radius 2 is 1.82 bits per heavy atom. The molecule has 1 heterocycles. The lowest BCUT2D eigenvalue weighted by molar-refractivity contribution is -0.656. The molecule has 6 nitrogen and oxygen atoms in total. The molecule has 2 aromatic carbocycles. The normalized spacial score (nSPS) is 11.2. The van der Waals surface area contributed by atoms with E-state index in [1.54, 1.807) is 14.2 Å². The molecule has 3 rings (SSSR count). The summed E-state index contributed by atoms with van der Waals surface area (Å²) in [7, 11) is 3.37. The molecule has 0 unspecified atom stereocenters. The monoisotopic (exact) mass is 383 g/mol. The lowest BCUT2D eigenvalue weighted by Crippen LogP contribution is -2.42. The Labute approximate surface area is 167 Å². The zero-order valence-corrected chi connectivity index (χ0v) is 17.3. The van der Waals surface area contributed by atoms with Crippen molar-refractivity contribution >= 4 is 17.0 Å². The fourth-order valence-electron chi connectivity index (χ4n) is 3.48. The highest BCUT2D eigenvalue weighted by atomic mass is 16.5. The van der Waals surface area contributed by atoms with Gasteiger partial charge in [0.1, 0.15) is 22.5 Å². The van der Waals surface area contributed by atoms with Gasteiger partial charge in [0, 0.05) is 12.1 Å². The summed E-state index contributed by atoms with van der Waals surface area (Å²) >= 11 is 0. The number of aromatic amines is 1. The van der Waals surface area contributed by atoms with Crippen molar-refractivity contribution in [3.63, 3.8) is 0 Å². The maximum absolute atomic E-state index is 5.51. The van der Waals surface area contributed by atoms with E-state index in [1.165, 1.54) is 5.52 Å². The van der Waals surface area contributed by atoms with Crippen LogP contribution in [0.25, 0.3) is 11.0 Å². The van der Waals surface area contributed by atoms with E-state index in [-0.39, 0.29) is 0 Å². The number of benzene rings is 2. The van der Waals surface area contributed by atoms with Crippen LogP contribution in [0.1, 0.15) is 19.4 Å². The smallest absolute Gasteiger partial charge is 0.356 e. The Morgan fingerprint density at radius 1 is 1.04 bits per heavy atom. The second kappa shape index (κ2) is 9.46. The number of rotatable bonds is 10. The largest absolute Gasteiger partial charge is 0.497 e. The van der Waals surface area contributed by atoms with Crippen LogP contribution >= 0.6 is 0 Å². The number of nitrogens with zero attached hydrogens (tertiary/aromatic N) is 2. The summed E-state index contributed by atoms with van der Waals surface area (Å²) in [4.78, 5) is 5.96. The molecule has 0 amide bonds. The Hall–Kier alpha value is -2.73. The van der Waals surface area contributed by atoms with Crippen LogP contribution in [0.3, 0.4) is 0 Å². The number of imidazole rings is 1. The molecule has 0 aliphatic rings. The minimum absolute atomic E-state index is 0.637. The quantitative estimate of drug-likeness (QED) is 0.527. The van der Waals surface area contributed by atoms with Crippen LogP contribution in [-0.2, 0) is 13.1 Å². The molecular weight excluding hydrogens is 352 g/mol. The molecule has 0 aliphatic heterocycles. The van der Waals surface area contributed by atoms with E-state index < -0.39 is 0 Å². The van der Waals surface area contributed by atoms with Gasteiger partial charge in [-0.05, 0) is 43.4 Å². The molecule has 1 aromatic heterocycles. The first-order valence-electron chi connectivity index (χ1n) is 9.87. The third-order valence-electron chi connectivity index (χ3n) is 5.19. The van der Waals surface area contributed by atoms with Crippen molar-refractivity contribution < 1.29 is 14.0 Å². The Kier molecular flexibility index (Phi) is 6.76. The number of fused-ring (bicyclic) bond motifs is 1. The standard InChI is InChI=1S/C22H30N4O2/c1-5-25(6-2)13-14-26-20-10-8-7-9-19(20)24-22(26)23-16-17-15-18(27-3)11-12-21(17)28-4/h7-12,15H,5-6,13-14,16H2,1-4H3,(H,23,24)/p+1. The minimum Gasteiger partial charge on any atom is -0.497 e. The predicted molar refractivity (Wildman–Crippen MR) is 113 cm³/mol. The number of likely N-dealkylation sites (N-methyl/N-ethyl adjacent to an activating group) is 1. The number of nitrogens with one attached hydrogen (secondary N) is 2. The number of hydrogen-bond donors (Lipinski definition) is 2. The van der Waals surface area contributed by atoms with Gasteiger partial charge in [0.15, 0.2) is 0 Å². The van der Waals surface area contributed by atoms with Gasteiger partial charge in [0.05, 0.1) is 27.3 Å². The molecule has 0 saturated heterocycles. The van der Waals surface area contributed by atoms with Gasteiger partial charge in [-0.2, -0.15) is 0 Å². The van der Waals surface area contributed by atoms with Crippen molar-refractivity contribution in [3.05, 3.63) is 48.0 Å². The number of hydrogen-bond acceptors (Lipinski definition) is 4. The second-order valence-electron chi connectivity index (χ2n) is 6.70. The van der Waals surface area contributed by atoms with Gasteiger partial charge in [-0.3, -0.25) is 5.32 Å². The van der Waals surface area contributed by atoms with E-state index in [1.807, 2.05) is 18.2 Å². The van der Waals surface area contributed by atoms with Gasteiger partial charge in [-0.25, -0.2) is 9.55 Å². The first kappa shape index (κ1) is 20.0. The van der Waals surface area contributed by atoms with Crippen molar-refractivity contribution in [3.8, 4) is 11.5 Å². The van der Waals surface area contributed by atoms with Crippen LogP contribution in [0.5, 0.6) is 11.5 Å². The number of methoxy groups -OCH3 is 2. The van der Waals surface area contributed by atoms with E-state index in [0.29, 0.717) is 6.54 Å². The SMILES string of the molecule is CCN(CC)CC[n+]1c(NCc2cc(OC)ccc2OC)[nH]c2ccccc21. The van der Waals surface area contributed by atoms with E-state index in [2.05, 4.69) is 57.9 Å². The molecule has 6 heteroatoms. The Morgan fingerprint density at radius 3 is 2.54 bits per heavy atom. The Bertz CT molecular complexity index is 903. The van der Waals surface area contributed by atoms with Gasteiger partial charge in [-0.1, -0.05) is 26.0 Å². The second-order valence-corrected chi connectivity index (χ2v) is 6.70. The molecule has 150 valence electrons. The molecule has 3 aromatic rings. The van der Waals surface area contributed by atoms with Crippen molar-refractivity contribution in [1.29, 1.82) is 0 Å². The van der Waals surface area contributed by atoms with E-state index >= 15 is 0 Å². The molecule has 0 bridgehead atoms. The van der Waals surface area contributed by atoms with Gasteiger partial charge in [0.25, 0.3) is 0 Å². The molecule has 0 aliphatic carbocycles. The zero-order valence-electron chi connectivity index (χ0n) is 17.3. The maximum atomic E-state index is 5.51. The summed E-state index contributed by atoms with van der Waals surface area (Å²) in [5.41, 5.74) is 3.38. The van der Waals surface area contributed by atoms with Crippen LogP contribution in [0.15, 0.2) is 42.5 Å². The molecule has 0 saturated carbocycles. The van der Waals surface area contributed by atoms with Crippen LogP contribution in [0.4, 0.5) is 5.95 Å². The van der Waals surface area contributed by atoms with Crippen molar-refractivity contribution in [2.45, 2.75) is 26.9 Å². The molecule has 0 radical (unpaired) electrons. The first-order chi connectivity index (χ1) is 13.7. The van der Waals surface area contributed by atoms with Crippen LogP contribution < -0.4 is 19.4 Å². The summed E-state index contributed by atoms with van der Waals surface area (Å²) < 4.78 is 13.2. The summed E-state index contributed by atoms with van der Waals surface area (Å²) in [5.74, 6) is 2.67. The van der Waals surface area contributed by atoms with Crippen molar-refractivity contribution in [2.24, 2.45) is 0 Å². The van der Waals surface area contributed by atoms with E-state index in [9.17, 15) is 0 Å². The van der Waals surface area contributed by atoms with Crippen LogP contribution in [-0.4, -0.2) is 43.7 Å². The third-order valence-corrected chi connectivity index (χ3v) is 5.19. The molecule has 0 fully saturated rings. The number of para-hydroxylation sites is 2. The topological polar surface area (TPSA) is 53.4 Å². The average Bonchev–Trinajstić information content (AvgIpc) is 3.10. The number of aromatic nitrogens is 2. The molecule has 0 atom stereocenters. The summed E-state index contributed by atoms with van der Waals surface area (Å²) in [6.45, 7) is 9.10. The Balaban J connectivity index is 1.85. The molecule has 28 heavy (non-hydrogen) atoms. The fourth-order valence-corrected chi connectivity index (χ4v) is 3.48. The average molecular weight is 384 g/mol. The summed E-state index contributed by atoms with van der Waals surface area (Å²) in [5, 5.41) is 3.56. The number of H-pyrrole nitrogens is 1. The molecule has 2 N–H and O–H groups in total. The summed E-state index contributed by atoms with van der Waals surface area (Å²) in [6.07, 6.45) is 0. The van der Waals surface area contributed by atoms with Crippen molar-refractivity contribution in [2.75, 3.05) is 39.2 Å². The molecular formula is C22H31N4O2+. The van der Waals surface area contributed by atoms with E-state index in [0.717, 1.165) is 54.7 Å². The highest BCUT2D eigenvalue weighted by Crippen LogP contribution is 2.24.